The molecule has 2 rings (SSSR count). The van der Waals surface area contributed by atoms with E-state index in [0.29, 0.717) is 12.1 Å². The van der Waals surface area contributed by atoms with Gasteiger partial charge in [0.1, 0.15) is 0 Å². The van der Waals surface area contributed by atoms with Crippen molar-refractivity contribution in [2.75, 3.05) is 32.9 Å². The molecule has 0 radical (unpaired) electrons. The van der Waals surface area contributed by atoms with E-state index in [1.54, 1.807) is 0 Å². The van der Waals surface area contributed by atoms with E-state index in [4.69, 9.17) is 4.74 Å². The van der Waals surface area contributed by atoms with Crippen LogP contribution in [-0.2, 0) is 4.74 Å². The van der Waals surface area contributed by atoms with E-state index in [9.17, 15) is 5.11 Å². The van der Waals surface area contributed by atoms with E-state index in [1.807, 2.05) is 0 Å². The van der Waals surface area contributed by atoms with Gasteiger partial charge in [-0.25, -0.2) is 0 Å². The van der Waals surface area contributed by atoms with Crippen LogP contribution in [0.4, 0.5) is 0 Å². The Morgan fingerprint density at radius 2 is 2.22 bits per heavy atom. The first-order valence-corrected chi connectivity index (χ1v) is 7.37. The zero-order valence-electron chi connectivity index (χ0n) is 11.8. The molecular formula is C14H28N2O2. The second-order valence-corrected chi connectivity index (χ2v) is 6.06. The predicted octanol–water partition coefficient (Wildman–Crippen LogP) is 0.990. The van der Waals surface area contributed by atoms with Gasteiger partial charge in [-0.15, -0.1) is 0 Å². The Morgan fingerprint density at radius 3 is 2.83 bits per heavy atom. The molecule has 1 saturated heterocycles. The van der Waals surface area contributed by atoms with Crippen LogP contribution >= 0.6 is 0 Å². The summed E-state index contributed by atoms with van der Waals surface area (Å²) in [6.45, 7) is 8.39. The lowest BCUT2D eigenvalue weighted by atomic mass is 9.97. The topological polar surface area (TPSA) is 44.7 Å². The van der Waals surface area contributed by atoms with Crippen molar-refractivity contribution in [1.82, 2.24) is 10.2 Å². The summed E-state index contributed by atoms with van der Waals surface area (Å²) < 4.78 is 5.53. The van der Waals surface area contributed by atoms with Crippen LogP contribution < -0.4 is 5.32 Å². The van der Waals surface area contributed by atoms with Gasteiger partial charge in [-0.2, -0.15) is 0 Å². The van der Waals surface area contributed by atoms with Crippen LogP contribution in [0.3, 0.4) is 0 Å². The fraction of sp³-hybridized carbons (Fsp3) is 1.00. The van der Waals surface area contributed by atoms with Gasteiger partial charge in [-0.05, 0) is 32.6 Å². The lowest BCUT2D eigenvalue weighted by molar-refractivity contribution is -0.0136. The third-order valence-electron chi connectivity index (χ3n) is 4.25. The Balaban J connectivity index is 1.79. The quantitative estimate of drug-likeness (QED) is 0.713. The third-order valence-corrected chi connectivity index (χ3v) is 4.25. The highest BCUT2D eigenvalue weighted by Gasteiger charge is 2.33. The van der Waals surface area contributed by atoms with Gasteiger partial charge >= 0.3 is 0 Å². The van der Waals surface area contributed by atoms with E-state index < -0.39 is 0 Å². The summed E-state index contributed by atoms with van der Waals surface area (Å²) in [5, 5.41) is 13.2. The molecule has 2 N–H and O–H groups in total. The molecule has 0 spiro atoms. The molecule has 2 aliphatic rings. The summed E-state index contributed by atoms with van der Waals surface area (Å²) in [5.74, 6) is 0. The Kier molecular flexibility index (Phi) is 5.01. The molecule has 0 amide bonds. The Morgan fingerprint density at radius 1 is 1.44 bits per heavy atom. The molecule has 1 aliphatic carbocycles. The van der Waals surface area contributed by atoms with Crippen LogP contribution in [0.15, 0.2) is 0 Å². The van der Waals surface area contributed by atoms with Crippen molar-refractivity contribution >= 4 is 0 Å². The molecule has 4 nitrogen and oxygen atoms in total. The molecular weight excluding hydrogens is 228 g/mol. The molecule has 2 fully saturated rings. The molecule has 1 heterocycles. The summed E-state index contributed by atoms with van der Waals surface area (Å²) in [5.41, 5.74) is -0.113. The molecule has 0 aromatic rings. The standard InChI is InChI=1S/C14H28N2O2/c1-3-13-10-18-9-8-16(13)7-6-14(2,11-17)15-12-4-5-12/h12-13,15,17H,3-11H2,1-2H3. The number of aliphatic hydroxyl groups is 1. The Labute approximate surface area is 111 Å². The van der Waals surface area contributed by atoms with Crippen molar-refractivity contribution in [1.29, 1.82) is 0 Å². The van der Waals surface area contributed by atoms with Gasteiger partial charge in [0.15, 0.2) is 0 Å². The van der Waals surface area contributed by atoms with Crippen molar-refractivity contribution in [2.45, 2.75) is 57.2 Å². The Hall–Kier alpha value is -0.160. The first-order chi connectivity index (χ1) is 8.67. The molecule has 2 atom stereocenters. The molecule has 2 unspecified atom stereocenters. The maximum atomic E-state index is 9.61. The number of aliphatic hydroxyl groups excluding tert-OH is 1. The summed E-state index contributed by atoms with van der Waals surface area (Å²) >= 11 is 0. The van der Waals surface area contributed by atoms with Crippen LogP contribution in [-0.4, -0.2) is 60.5 Å². The van der Waals surface area contributed by atoms with Crippen LogP contribution in [0.2, 0.25) is 0 Å². The number of nitrogens with one attached hydrogen (secondary N) is 1. The number of morpholine rings is 1. The minimum Gasteiger partial charge on any atom is -0.394 e. The van der Waals surface area contributed by atoms with Crippen molar-refractivity contribution in [3.05, 3.63) is 0 Å². The average Bonchev–Trinajstić information content (AvgIpc) is 3.20. The number of ether oxygens (including phenoxy) is 1. The second kappa shape index (κ2) is 6.33. The lowest BCUT2D eigenvalue weighted by Crippen LogP contribution is -2.52. The molecule has 1 aliphatic heterocycles. The van der Waals surface area contributed by atoms with Crippen LogP contribution in [0, 0.1) is 0 Å². The van der Waals surface area contributed by atoms with Gasteiger partial charge < -0.3 is 15.2 Å². The number of hydrogen-bond acceptors (Lipinski definition) is 4. The minimum absolute atomic E-state index is 0.113. The normalized spacial score (nSPS) is 29.2. The zero-order chi connectivity index (χ0) is 13.0. The molecule has 18 heavy (non-hydrogen) atoms. The van der Waals surface area contributed by atoms with Crippen molar-refractivity contribution in [3.8, 4) is 0 Å². The average molecular weight is 256 g/mol. The highest BCUT2D eigenvalue weighted by atomic mass is 16.5. The van der Waals surface area contributed by atoms with Crippen LogP contribution in [0.5, 0.6) is 0 Å². The third kappa shape index (κ3) is 3.92. The Bertz CT molecular complexity index is 258. The highest BCUT2D eigenvalue weighted by molar-refractivity contribution is 4.93. The van der Waals surface area contributed by atoms with E-state index in [1.165, 1.54) is 12.8 Å². The molecule has 0 bridgehead atoms. The van der Waals surface area contributed by atoms with Gasteiger partial charge in [0.25, 0.3) is 0 Å². The van der Waals surface area contributed by atoms with Crippen molar-refractivity contribution < 1.29 is 9.84 Å². The number of rotatable bonds is 7. The van der Waals surface area contributed by atoms with Gasteiger partial charge in [-0.1, -0.05) is 6.92 Å². The maximum absolute atomic E-state index is 9.61. The van der Waals surface area contributed by atoms with Crippen LogP contribution in [0.25, 0.3) is 0 Å². The summed E-state index contributed by atoms with van der Waals surface area (Å²) in [7, 11) is 0. The molecule has 1 saturated carbocycles. The summed E-state index contributed by atoms with van der Waals surface area (Å²) in [6.07, 6.45) is 4.69. The SMILES string of the molecule is CCC1COCCN1CCC(C)(CO)NC1CC1. The lowest BCUT2D eigenvalue weighted by Gasteiger charge is -2.38. The van der Waals surface area contributed by atoms with E-state index >= 15 is 0 Å². The number of hydrogen-bond donors (Lipinski definition) is 2. The minimum atomic E-state index is -0.113. The molecule has 0 aromatic carbocycles. The monoisotopic (exact) mass is 256 g/mol. The predicted molar refractivity (Wildman–Crippen MR) is 72.7 cm³/mol. The summed E-state index contributed by atoms with van der Waals surface area (Å²) in [6, 6.07) is 1.21. The zero-order valence-corrected chi connectivity index (χ0v) is 11.8. The first kappa shape index (κ1) is 14.3. The highest BCUT2D eigenvalue weighted by Crippen LogP contribution is 2.24. The molecule has 4 heteroatoms. The van der Waals surface area contributed by atoms with Crippen molar-refractivity contribution in [2.24, 2.45) is 0 Å². The maximum Gasteiger partial charge on any atom is 0.0622 e. The van der Waals surface area contributed by atoms with Gasteiger partial charge in [-0.3, -0.25) is 4.90 Å². The van der Waals surface area contributed by atoms with Gasteiger partial charge in [0.2, 0.25) is 0 Å². The van der Waals surface area contributed by atoms with Crippen molar-refractivity contribution in [3.63, 3.8) is 0 Å². The van der Waals surface area contributed by atoms with E-state index in [0.717, 1.165) is 39.1 Å². The van der Waals surface area contributed by atoms with E-state index in [-0.39, 0.29) is 12.1 Å². The van der Waals surface area contributed by atoms with E-state index in [2.05, 4.69) is 24.1 Å². The fourth-order valence-electron chi connectivity index (χ4n) is 2.67. The summed E-state index contributed by atoms with van der Waals surface area (Å²) in [4.78, 5) is 2.52. The first-order valence-electron chi connectivity index (χ1n) is 7.37. The van der Waals surface area contributed by atoms with Crippen LogP contribution in [0.1, 0.15) is 39.5 Å². The van der Waals surface area contributed by atoms with Gasteiger partial charge in [0, 0.05) is 30.7 Å². The molecule has 0 aromatic heterocycles. The fourth-order valence-corrected chi connectivity index (χ4v) is 2.67. The second-order valence-electron chi connectivity index (χ2n) is 6.06. The van der Waals surface area contributed by atoms with Gasteiger partial charge in [0.05, 0.1) is 19.8 Å². The smallest absolute Gasteiger partial charge is 0.0622 e. The number of nitrogens with zero attached hydrogens (tertiary/aromatic N) is 1. The largest absolute Gasteiger partial charge is 0.394 e. The molecule has 106 valence electrons.